The number of rotatable bonds is 3. The molecule has 1 aromatic carbocycles. The fourth-order valence-electron chi connectivity index (χ4n) is 3.75. The normalized spacial score (nSPS) is 35.3. The minimum Gasteiger partial charge on any atom is -1.00 e. The van der Waals surface area contributed by atoms with Gasteiger partial charge in [0.2, 0.25) is 0 Å². The van der Waals surface area contributed by atoms with Gasteiger partial charge < -0.3 is 17.3 Å². The van der Waals surface area contributed by atoms with Gasteiger partial charge in [-0.1, -0.05) is 30.3 Å². The molecule has 4 atom stereocenters. The monoisotopic (exact) mass is 325 g/mol. The second-order valence-electron chi connectivity index (χ2n) is 5.78. The minimum absolute atomic E-state index is 0. The first kappa shape index (κ1) is 15.9. The molecule has 4 unspecified atom stereocenters. The highest BCUT2D eigenvalue weighted by molar-refractivity contribution is 6.22. The van der Waals surface area contributed by atoms with Crippen LogP contribution in [0.2, 0.25) is 0 Å². The van der Waals surface area contributed by atoms with Gasteiger partial charge in [0.15, 0.2) is 6.54 Å². The van der Waals surface area contributed by atoms with Crippen molar-refractivity contribution in [3.8, 4) is 0 Å². The van der Waals surface area contributed by atoms with E-state index >= 15 is 0 Å². The maximum absolute atomic E-state index is 12.7. The van der Waals surface area contributed by atoms with E-state index in [1.54, 1.807) is 0 Å². The molecule has 0 radical (unpaired) electrons. The molecule has 112 valence electrons. The van der Waals surface area contributed by atoms with Crippen molar-refractivity contribution in [1.29, 1.82) is 0 Å². The van der Waals surface area contributed by atoms with E-state index in [2.05, 4.69) is 0 Å². The highest BCUT2D eigenvalue weighted by Gasteiger charge is 2.68. The summed E-state index contributed by atoms with van der Waals surface area (Å²) in [6.07, 6.45) is -2.65. The zero-order valence-corrected chi connectivity index (χ0v) is 12.3. The molecule has 6 heteroatoms. The molecule has 1 aromatic rings. The molecule has 2 aliphatic heterocycles. The summed E-state index contributed by atoms with van der Waals surface area (Å²) in [6.45, 7) is -0.208. The average molecular weight is 326 g/mol. The number of hydrogen-bond acceptors (Lipinski definition) is 0. The summed E-state index contributed by atoms with van der Waals surface area (Å²) < 4.78 is 38.0. The summed E-state index contributed by atoms with van der Waals surface area (Å²) in [5, 5.41) is -0.120. The van der Waals surface area contributed by atoms with Crippen molar-refractivity contribution in [2.45, 2.75) is 29.9 Å². The van der Waals surface area contributed by atoms with Crippen molar-refractivity contribution in [3.63, 3.8) is 0 Å². The fourth-order valence-corrected chi connectivity index (χ4v) is 4.25. The molecule has 0 aromatic heterocycles. The first-order valence-electron chi connectivity index (χ1n) is 6.51. The lowest BCUT2D eigenvalue weighted by Gasteiger charge is -2.43. The molecule has 3 aliphatic rings. The lowest BCUT2D eigenvalue weighted by Crippen LogP contribution is -3.19. The standard InChI is InChI=1S/C14H15ClF3N.ClH/c15-12-11-7-13(12,6-10-4-2-1-3-5-10)19(8-11)9-14(16,17)18;/h1-5,11-12H,6-9H2;1H. The molecule has 1 aliphatic carbocycles. The van der Waals surface area contributed by atoms with Gasteiger partial charge in [0.1, 0.15) is 5.54 Å². The van der Waals surface area contributed by atoms with Gasteiger partial charge in [-0.15, -0.1) is 11.6 Å². The van der Waals surface area contributed by atoms with E-state index < -0.39 is 18.3 Å². The number of fused-ring (bicyclic) bond motifs is 1. The lowest BCUT2D eigenvalue weighted by atomic mass is 9.69. The number of halogens is 5. The van der Waals surface area contributed by atoms with Gasteiger partial charge in [-0.25, -0.2) is 0 Å². The summed E-state index contributed by atoms with van der Waals surface area (Å²) in [4.78, 5) is 0.619. The van der Waals surface area contributed by atoms with Gasteiger partial charge in [-0.05, 0) is 5.56 Å². The van der Waals surface area contributed by atoms with Gasteiger partial charge in [0, 0.05) is 18.8 Å². The Balaban J connectivity index is 0.00000147. The highest BCUT2D eigenvalue weighted by Crippen LogP contribution is 2.46. The van der Waals surface area contributed by atoms with E-state index in [-0.39, 0.29) is 23.7 Å². The fraction of sp³-hybridized carbons (Fsp3) is 0.571. The van der Waals surface area contributed by atoms with Crippen LogP contribution in [0.5, 0.6) is 0 Å². The minimum atomic E-state index is -4.12. The third-order valence-electron chi connectivity index (χ3n) is 4.56. The van der Waals surface area contributed by atoms with Crippen LogP contribution in [0.4, 0.5) is 13.2 Å². The molecule has 3 fully saturated rings. The van der Waals surface area contributed by atoms with Crippen molar-refractivity contribution in [2.24, 2.45) is 5.92 Å². The van der Waals surface area contributed by atoms with E-state index in [0.717, 1.165) is 12.0 Å². The second kappa shape index (κ2) is 5.39. The van der Waals surface area contributed by atoms with E-state index in [4.69, 9.17) is 11.6 Å². The first-order valence-corrected chi connectivity index (χ1v) is 6.94. The quantitative estimate of drug-likeness (QED) is 0.684. The highest BCUT2D eigenvalue weighted by atomic mass is 35.5. The van der Waals surface area contributed by atoms with Crippen LogP contribution in [-0.4, -0.2) is 30.2 Å². The number of benzene rings is 1. The Labute approximate surface area is 127 Å². The van der Waals surface area contributed by atoms with Gasteiger partial charge in [-0.3, -0.25) is 0 Å². The van der Waals surface area contributed by atoms with Gasteiger partial charge in [0.05, 0.1) is 11.9 Å². The smallest absolute Gasteiger partial charge is 0.438 e. The van der Waals surface area contributed by atoms with Crippen molar-refractivity contribution in [1.82, 2.24) is 0 Å². The topological polar surface area (TPSA) is 4.44 Å². The van der Waals surface area contributed by atoms with Crippen LogP contribution < -0.4 is 17.3 Å². The molecular formula is C14H16Cl2F3N. The molecule has 4 rings (SSSR count). The Morgan fingerprint density at radius 3 is 2.45 bits per heavy atom. The third kappa shape index (κ3) is 2.66. The van der Waals surface area contributed by atoms with Crippen LogP contribution >= 0.6 is 11.6 Å². The van der Waals surface area contributed by atoms with Crippen LogP contribution in [0.1, 0.15) is 12.0 Å². The molecule has 1 saturated carbocycles. The first-order chi connectivity index (χ1) is 8.91. The summed E-state index contributed by atoms with van der Waals surface area (Å²) >= 11 is 6.35. The van der Waals surface area contributed by atoms with Crippen LogP contribution in [0.15, 0.2) is 30.3 Å². The van der Waals surface area contributed by atoms with Crippen LogP contribution in [0.3, 0.4) is 0 Å². The average Bonchev–Trinajstić information content (AvgIpc) is 2.79. The summed E-state index contributed by atoms with van der Waals surface area (Å²) in [7, 11) is 0. The molecule has 20 heavy (non-hydrogen) atoms. The largest absolute Gasteiger partial charge is 1.00 e. The van der Waals surface area contributed by atoms with Gasteiger partial charge in [0.25, 0.3) is 0 Å². The molecule has 2 heterocycles. The van der Waals surface area contributed by atoms with E-state index in [1.165, 1.54) is 0 Å². The Morgan fingerprint density at radius 2 is 1.90 bits per heavy atom. The van der Waals surface area contributed by atoms with Gasteiger partial charge >= 0.3 is 6.18 Å². The Kier molecular flexibility index (Phi) is 4.30. The molecular weight excluding hydrogens is 310 g/mol. The SMILES string of the molecule is FC(F)(F)C[NH+]1CC2CC1(Cc1ccccc1)C2Cl.[Cl-]. The number of quaternary nitrogens is 1. The van der Waals surface area contributed by atoms with Crippen molar-refractivity contribution in [3.05, 3.63) is 35.9 Å². The van der Waals surface area contributed by atoms with Crippen LogP contribution in [-0.2, 0) is 6.42 Å². The Hall–Kier alpha value is -0.450. The maximum atomic E-state index is 12.7. The molecule has 1 N–H and O–H groups in total. The van der Waals surface area contributed by atoms with Crippen molar-refractivity contribution >= 4 is 11.6 Å². The number of alkyl halides is 4. The Bertz CT molecular complexity index is 465. The van der Waals surface area contributed by atoms with E-state index in [0.29, 0.717) is 17.9 Å². The molecule has 2 bridgehead atoms. The second-order valence-corrected chi connectivity index (χ2v) is 6.25. The van der Waals surface area contributed by atoms with Crippen molar-refractivity contribution < 1.29 is 30.5 Å². The molecule has 1 nitrogen and oxygen atoms in total. The summed E-state index contributed by atoms with van der Waals surface area (Å²) in [6, 6.07) is 9.69. The molecule has 0 amide bonds. The maximum Gasteiger partial charge on any atom is 0.438 e. The third-order valence-corrected chi connectivity index (χ3v) is 5.33. The predicted molar refractivity (Wildman–Crippen MR) is 67.4 cm³/mol. The zero-order chi connectivity index (χ0) is 13.7. The molecule has 2 saturated heterocycles. The summed E-state index contributed by atoms with van der Waals surface area (Å²) in [5.74, 6) is 0.253. The van der Waals surface area contributed by atoms with Gasteiger partial charge in [-0.2, -0.15) is 13.2 Å². The number of nitrogens with one attached hydrogen (secondary N) is 1. The number of hydrogen-bond donors (Lipinski definition) is 1. The zero-order valence-electron chi connectivity index (χ0n) is 10.8. The van der Waals surface area contributed by atoms with E-state index in [1.807, 2.05) is 30.3 Å². The summed E-state index contributed by atoms with van der Waals surface area (Å²) in [5.41, 5.74) is 0.663. The van der Waals surface area contributed by atoms with E-state index in [9.17, 15) is 13.2 Å². The van der Waals surface area contributed by atoms with Crippen LogP contribution in [0.25, 0.3) is 0 Å². The predicted octanol–water partition coefficient (Wildman–Crippen LogP) is -0.940. The van der Waals surface area contributed by atoms with Crippen molar-refractivity contribution in [2.75, 3.05) is 13.1 Å². The lowest BCUT2D eigenvalue weighted by molar-refractivity contribution is -0.940. The molecule has 0 spiro atoms. The van der Waals surface area contributed by atoms with Crippen LogP contribution in [0, 0.1) is 5.92 Å². The Morgan fingerprint density at radius 1 is 1.25 bits per heavy atom.